The summed E-state index contributed by atoms with van der Waals surface area (Å²) < 4.78 is 0. The highest BCUT2D eigenvalue weighted by Gasteiger charge is 2.22. The van der Waals surface area contributed by atoms with Gasteiger partial charge >= 0.3 is 0 Å². The fraction of sp³-hybridized carbons (Fsp3) is 0.393. The van der Waals surface area contributed by atoms with Crippen LogP contribution in [0.5, 0.6) is 0 Å². The van der Waals surface area contributed by atoms with Crippen LogP contribution in [-0.4, -0.2) is 47.7 Å². The molecule has 1 fully saturated rings. The van der Waals surface area contributed by atoms with Crippen LogP contribution >= 0.6 is 11.3 Å². The Kier molecular flexibility index (Phi) is 7.25. The average Bonchev–Trinajstić information content (AvgIpc) is 3.25. The molecule has 2 aromatic heterocycles. The van der Waals surface area contributed by atoms with Crippen molar-refractivity contribution in [2.75, 3.05) is 30.9 Å². The van der Waals surface area contributed by atoms with Gasteiger partial charge in [0, 0.05) is 55.0 Å². The summed E-state index contributed by atoms with van der Waals surface area (Å²) >= 11 is 1.80. The van der Waals surface area contributed by atoms with Crippen LogP contribution in [0.2, 0.25) is 0 Å². The number of hydrogen-bond acceptors (Lipinski definition) is 7. The maximum absolute atomic E-state index is 4.91. The molecular weight excluding hydrogens is 452 g/mol. The van der Waals surface area contributed by atoms with Gasteiger partial charge in [-0.15, -0.1) is 11.3 Å². The Labute approximate surface area is 211 Å². The van der Waals surface area contributed by atoms with E-state index in [4.69, 9.17) is 15.0 Å². The number of nitrogens with one attached hydrogen (secondary N) is 2. The molecule has 1 saturated carbocycles. The molecule has 4 aromatic rings. The Morgan fingerprint density at radius 3 is 2.37 bits per heavy atom. The molecule has 6 nitrogen and oxygen atoms in total. The van der Waals surface area contributed by atoms with Crippen molar-refractivity contribution < 1.29 is 0 Å². The minimum atomic E-state index is 0.415. The zero-order valence-corrected chi connectivity index (χ0v) is 21.6. The molecule has 0 unspecified atom stereocenters. The third-order valence-electron chi connectivity index (χ3n) is 6.78. The highest BCUT2D eigenvalue weighted by Crippen LogP contribution is 2.28. The van der Waals surface area contributed by atoms with Crippen LogP contribution in [0, 0.1) is 6.92 Å². The molecule has 0 radical (unpaired) electrons. The summed E-state index contributed by atoms with van der Waals surface area (Å²) in [5.41, 5.74) is 3.41. The van der Waals surface area contributed by atoms with E-state index in [1.165, 1.54) is 16.1 Å². The molecule has 2 aromatic carbocycles. The molecule has 1 aliphatic rings. The molecule has 182 valence electrons. The van der Waals surface area contributed by atoms with Crippen LogP contribution in [-0.2, 0) is 6.42 Å². The van der Waals surface area contributed by atoms with Gasteiger partial charge in [0.25, 0.3) is 0 Å². The zero-order chi connectivity index (χ0) is 24.2. The van der Waals surface area contributed by atoms with Gasteiger partial charge < -0.3 is 15.5 Å². The van der Waals surface area contributed by atoms with Crippen molar-refractivity contribution in [2.45, 2.75) is 51.1 Å². The Balaban J connectivity index is 1.12. The molecule has 0 amide bonds. The number of benzene rings is 2. The molecule has 7 heteroatoms. The topological polar surface area (TPSA) is 66.0 Å². The SMILES string of the molecule is Cc1sc(-c2ccccc2)nc1CCNC1CCC(Nc2nc(N(C)C)c3ccccc3n2)CC1. The summed E-state index contributed by atoms with van der Waals surface area (Å²) in [6.07, 6.45) is 5.55. The lowest BCUT2D eigenvalue weighted by Gasteiger charge is -2.30. The van der Waals surface area contributed by atoms with Crippen molar-refractivity contribution in [1.29, 1.82) is 0 Å². The van der Waals surface area contributed by atoms with Gasteiger partial charge in [-0.05, 0) is 44.7 Å². The Morgan fingerprint density at radius 1 is 0.886 bits per heavy atom. The lowest BCUT2D eigenvalue weighted by Crippen LogP contribution is -2.38. The summed E-state index contributed by atoms with van der Waals surface area (Å²) in [4.78, 5) is 17.9. The van der Waals surface area contributed by atoms with Crippen LogP contribution in [0.4, 0.5) is 11.8 Å². The maximum Gasteiger partial charge on any atom is 0.225 e. The first-order valence-electron chi connectivity index (χ1n) is 12.5. The first-order chi connectivity index (χ1) is 17.1. The van der Waals surface area contributed by atoms with Gasteiger partial charge in [0.15, 0.2) is 0 Å². The van der Waals surface area contributed by atoms with Gasteiger partial charge in [0.2, 0.25) is 5.95 Å². The molecule has 35 heavy (non-hydrogen) atoms. The lowest BCUT2D eigenvalue weighted by molar-refractivity contribution is 0.355. The van der Waals surface area contributed by atoms with E-state index in [0.29, 0.717) is 12.1 Å². The van der Waals surface area contributed by atoms with Crippen LogP contribution in [0.3, 0.4) is 0 Å². The third-order valence-corrected chi connectivity index (χ3v) is 7.84. The van der Waals surface area contributed by atoms with E-state index < -0.39 is 0 Å². The van der Waals surface area contributed by atoms with E-state index in [0.717, 1.165) is 66.3 Å². The highest BCUT2D eigenvalue weighted by molar-refractivity contribution is 7.15. The number of aryl methyl sites for hydroxylation is 1. The standard InChI is InChI=1S/C28H34N6S/c1-19-24(31-27(35-19)20-9-5-4-6-10-20)17-18-29-21-13-15-22(16-14-21)30-28-32-25-12-8-7-11-23(25)26(33-28)34(2)3/h4-12,21-22,29H,13-18H2,1-3H3,(H,30,32,33). The Bertz CT molecular complexity index is 1260. The summed E-state index contributed by atoms with van der Waals surface area (Å²) in [5.74, 6) is 1.69. The highest BCUT2D eigenvalue weighted by atomic mass is 32.1. The summed E-state index contributed by atoms with van der Waals surface area (Å²) in [5, 5.41) is 9.60. The van der Waals surface area contributed by atoms with E-state index in [1.807, 2.05) is 26.2 Å². The van der Waals surface area contributed by atoms with Gasteiger partial charge in [-0.25, -0.2) is 9.97 Å². The fourth-order valence-corrected chi connectivity index (χ4v) is 5.81. The predicted molar refractivity (Wildman–Crippen MR) is 148 cm³/mol. The largest absolute Gasteiger partial charge is 0.362 e. The maximum atomic E-state index is 4.91. The van der Waals surface area contributed by atoms with Crippen molar-refractivity contribution in [3.63, 3.8) is 0 Å². The van der Waals surface area contributed by atoms with Crippen molar-refractivity contribution in [2.24, 2.45) is 0 Å². The first kappa shape index (κ1) is 23.7. The molecule has 0 atom stereocenters. The van der Waals surface area contributed by atoms with Crippen molar-refractivity contribution in [1.82, 2.24) is 20.3 Å². The van der Waals surface area contributed by atoms with Crippen LogP contribution in [0.1, 0.15) is 36.3 Å². The minimum absolute atomic E-state index is 0.415. The van der Waals surface area contributed by atoms with E-state index >= 15 is 0 Å². The molecule has 0 bridgehead atoms. The van der Waals surface area contributed by atoms with Crippen LogP contribution in [0.15, 0.2) is 54.6 Å². The molecule has 5 rings (SSSR count). The summed E-state index contributed by atoms with van der Waals surface area (Å²) in [6.45, 7) is 3.16. The van der Waals surface area contributed by atoms with E-state index in [1.54, 1.807) is 11.3 Å². The third kappa shape index (κ3) is 5.63. The van der Waals surface area contributed by atoms with Crippen molar-refractivity contribution >= 4 is 34.0 Å². The normalized spacial score (nSPS) is 18.0. The quantitative estimate of drug-likeness (QED) is 0.334. The van der Waals surface area contributed by atoms with Gasteiger partial charge in [-0.2, -0.15) is 4.98 Å². The second kappa shape index (κ2) is 10.7. The second-order valence-electron chi connectivity index (χ2n) is 9.57. The molecule has 2 N–H and O–H groups in total. The molecular formula is C28H34N6S. The van der Waals surface area contributed by atoms with Crippen molar-refractivity contribution in [3.8, 4) is 10.6 Å². The molecule has 1 aliphatic carbocycles. The fourth-order valence-electron chi connectivity index (χ4n) is 4.85. The second-order valence-corrected chi connectivity index (χ2v) is 10.8. The summed E-state index contributed by atoms with van der Waals surface area (Å²) in [7, 11) is 4.07. The molecule has 0 aliphatic heterocycles. The van der Waals surface area contributed by atoms with Gasteiger partial charge in [0.1, 0.15) is 10.8 Å². The van der Waals surface area contributed by atoms with E-state index in [9.17, 15) is 0 Å². The van der Waals surface area contributed by atoms with Gasteiger partial charge in [-0.3, -0.25) is 0 Å². The van der Waals surface area contributed by atoms with Gasteiger partial charge in [-0.1, -0.05) is 42.5 Å². The Hall–Kier alpha value is -3.03. The minimum Gasteiger partial charge on any atom is -0.362 e. The number of hydrogen-bond donors (Lipinski definition) is 2. The van der Waals surface area contributed by atoms with E-state index in [-0.39, 0.29) is 0 Å². The summed E-state index contributed by atoms with van der Waals surface area (Å²) in [6, 6.07) is 19.7. The number of anilines is 2. The molecule has 0 spiro atoms. The molecule has 0 saturated heterocycles. The number of para-hydroxylation sites is 1. The zero-order valence-electron chi connectivity index (χ0n) is 20.8. The predicted octanol–water partition coefficient (Wildman–Crippen LogP) is 5.68. The van der Waals surface area contributed by atoms with E-state index in [2.05, 4.69) is 64.9 Å². The number of nitrogens with zero attached hydrogens (tertiary/aromatic N) is 4. The smallest absolute Gasteiger partial charge is 0.225 e. The van der Waals surface area contributed by atoms with Crippen molar-refractivity contribution in [3.05, 3.63) is 65.2 Å². The number of fused-ring (bicyclic) bond motifs is 1. The number of thiazole rings is 1. The monoisotopic (exact) mass is 486 g/mol. The average molecular weight is 487 g/mol. The number of aromatic nitrogens is 3. The first-order valence-corrected chi connectivity index (χ1v) is 13.3. The van der Waals surface area contributed by atoms with Crippen LogP contribution in [0.25, 0.3) is 21.5 Å². The number of rotatable bonds is 8. The molecule has 2 heterocycles. The van der Waals surface area contributed by atoms with Crippen LogP contribution < -0.4 is 15.5 Å². The lowest BCUT2D eigenvalue weighted by atomic mass is 9.91. The van der Waals surface area contributed by atoms with Gasteiger partial charge in [0.05, 0.1) is 11.2 Å². The Morgan fingerprint density at radius 2 is 1.60 bits per heavy atom.